The minimum absolute atomic E-state index is 0.301. The first-order valence-electron chi connectivity index (χ1n) is 11.5. The van der Waals surface area contributed by atoms with Gasteiger partial charge in [-0.1, -0.05) is 48.5 Å². The molecule has 3 aromatic carbocycles. The van der Waals surface area contributed by atoms with Crippen molar-refractivity contribution in [3.63, 3.8) is 0 Å². The van der Waals surface area contributed by atoms with Crippen molar-refractivity contribution in [2.75, 3.05) is 0 Å². The van der Waals surface area contributed by atoms with E-state index in [0.29, 0.717) is 0 Å². The van der Waals surface area contributed by atoms with E-state index in [1.807, 2.05) is 0 Å². The van der Waals surface area contributed by atoms with Crippen LogP contribution in [-0.2, 0) is 12.6 Å². The number of para-hydroxylation sites is 2. The molecule has 1 aliphatic rings. The number of rotatable bonds is 1. The Labute approximate surface area is 192 Å². The molecule has 0 unspecified atom stereocenters. The van der Waals surface area contributed by atoms with Crippen LogP contribution in [0.5, 0.6) is 0 Å². The van der Waals surface area contributed by atoms with Crippen molar-refractivity contribution in [1.82, 2.24) is 14.0 Å². The van der Waals surface area contributed by atoms with Crippen molar-refractivity contribution < 1.29 is 4.57 Å². The van der Waals surface area contributed by atoms with Gasteiger partial charge in [0.1, 0.15) is 7.05 Å². The van der Waals surface area contributed by atoms with Gasteiger partial charge in [0.15, 0.2) is 6.20 Å². The van der Waals surface area contributed by atoms with Crippen LogP contribution in [0.2, 0.25) is 0 Å². The van der Waals surface area contributed by atoms with E-state index in [1.54, 1.807) is 0 Å². The summed E-state index contributed by atoms with van der Waals surface area (Å²) in [5.41, 5.74) is 12.1. The zero-order valence-corrected chi connectivity index (χ0v) is 19.3. The van der Waals surface area contributed by atoms with Gasteiger partial charge in [-0.05, 0) is 55.7 Å². The molecule has 33 heavy (non-hydrogen) atoms. The maximum Gasteiger partial charge on any atom is 0.220 e. The molecule has 4 heterocycles. The van der Waals surface area contributed by atoms with E-state index in [9.17, 15) is 0 Å². The number of imidazole rings is 2. The lowest BCUT2D eigenvalue weighted by molar-refractivity contribution is -0.660. The summed E-state index contributed by atoms with van der Waals surface area (Å²) in [5, 5.41) is 0. The second kappa shape index (κ2) is 6.10. The molecule has 3 aromatic heterocycles. The van der Waals surface area contributed by atoms with Gasteiger partial charge in [-0.15, -0.1) is 0 Å². The molecule has 0 N–H and O–H groups in total. The summed E-state index contributed by atoms with van der Waals surface area (Å²) in [5.74, 6) is 0.999. The van der Waals surface area contributed by atoms with Crippen molar-refractivity contribution in [3.8, 4) is 22.4 Å². The molecule has 0 saturated carbocycles. The van der Waals surface area contributed by atoms with Crippen molar-refractivity contribution in [3.05, 3.63) is 90.1 Å². The Bertz CT molecular complexity index is 1750. The first-order chi connectivity index (χ1) is 16.0. The van der Waals surface area contributed by atoms with Crippen molar-refractivity contribution in [2.45, 2.75) is 26.3 Å². The lowest BCUT2D eigenvalue weighted by Crippen LogP contribution is -2.41. The average Bonchev–Trinajstić information content (AvgIpc) is 3.34. The second-order valence-corrected chi connectivity index (χ2v) is 9.69. The highest BCUT2D eigenvalue weighted by molar-refractivity contribution is 6.02. The van der Waals surface area contributed by atoms with Crippen molar-refractivity contribution >= 4 is 27.8 Å². The van der Waals surface area contributed by atoms with E-state index in [-0.39, 0.29) is 5.54 Å². The van der Waals surface area contributed by atoms with Gasteiger partial charge in [-0.3, -0.25) is 8.97 Å². The summed E-state index contributed by atoms with van der Waals surface area (Å²) in [6, 6.07) is 26.0. The van der Waals surface area contributed by atoms with Crippen LogP contribution in [0.25, 0.3) is 50.2 Å². The predicted octanol–water partition coefficient (Wildman–Crippen LogP) is 6.01. The van der Waals surface area contributed by atoms with Crippen LogP contribution < -0.4 is 4.57 Å². The first-order valence-corrected chi connectivity index (χ1v) is 11.5. The Morgan fingerprint density at radius 3 is 2.42 bits per heavy atom. The normalized spacial score (nSPS) is 14.3. The molecule has 0 atom stereocenters. The van der Waals surface area contributed by atoms with Gasteiger partial charge in [0, 0.05) is 6.07 Å². The number of benzene rings is 3. The Hall–Kier alpha value is -3.92. The Balaban J connectivity index is 1.74. The second-order valence-electron chi connectivity index (χ2n) is 9.69. The summed E-state index contributed by atoms with van der Waals surface area (Å²) >= 11 is 0. The number of aryl methyl sites for hydroxylation is 2. The standard InChI is InChI=1S/C29H25N4/c1-18-14-15-23-26-24(18)27-25(20(16-17-31(27)4)19-10-6-5-7-11-19)29(2,3)33(26)28-30-21-12-8-9-13-22(21)32(23)28/h5-17H,1-4H3/q+1. The lowest BCUT2D eigenvalue weighted by Gasteiger charge is -2.35. The van der Waals surface area contributed by atoms with Gasteiger partial charge in [-0.25, -0.2) is 9.55 Å². The predicted molar refractivity (Wildman–Crippen MR) is 133 cm³/mol. The molecular formula is C29H25N4+. The van der Waals surface area contributed by atoms with E-state index in [4.69, 9.17) is 4.98 Å². The van der Waals surface area contributed by atoms with Crippen LogP contribution in [0.1, 0.15) is 25.0 Å². The summed E-state index contributed by atoms with van der Waals surface area (Å²) in [4.78, 5) is 5.14. The zero-order chi connectivity index (χ0) is 22.5. The van der Waals surface area contributed by atoms with E-state index in [2.05, 4.69) is 120 Å². The molecule has 0 amide bonds. The monoisotopic (exact) mass is 429 g/mol. The van der Waals surface area contributed by atoms with Crippen LogP contribution in [-0.4, -0.2) is 14.0 Å². The summed E-state index contributed by atoms with van der Waals surface area (Å²) < 4.78 is 7.10. The molecule has 4 nitrogen and oxygen atoms in total. The quantitative estimate of drug-likeness (QED) is 0.294. The topological polar surface area (TPSA) is 26.1 Å². The molecule has 0 radical (unpaired) electrons. The average molecular weight is 430 g/mol. The van der Waals surface area contributed by atoms with Crippen LogP contribution >= 0.6 is 0 Å². The fourth-order valence-electron chi connectivity index (χ4n) is 5.96. The largest absolute Gasteiger partial charge is 0.299 e. The van der Waals surface area contributed by atoms with Crippen LogP contribution in [0.3, 0.4) is 0 Å². The van der Waals surface area contributed by atoms with Gasteiger partial charge in [0.25, 0.3) is 0 Å². The van der Waals surface area contributed by atoms with Crippen LogP contribution in [0.15, 0.2) is 79.0 Å². The van der Waals surface area contributed by atoms with Gasteiger partial charge < -0.3 is 0 Å². The minimum Gasteiger partial charge on any atom is -0.299 e. The first kappa shape index (κ1) is 18.6. The van der Waals surface area contributed by atoms with E-state index in [0.717, 1.165) is 16.8 Å². The van der Waals surface area contributed by atoms with E-state index in [1.165, 1.54) is 44.5 Å². The van der Waals surface area contributed by atoms with Crippen molar-refractivity contribution in [2.24, 2.45) is 7.05 Å². The third-order valence-electron chi connectivity index (χ3n) is 7.39. The zero-order valence-electron chi connectivity index (χ0n) is 19.3. The Morgan fingerprint density at radius 2 is 1.61 bits per heavy atom. The minimum atomic E-state index is -0.301. The maximum absolute atomic E-state index is 5.14. The number of hydrogen-bond donors (Lipinski definition) is 0. The highest BCUT2D eigenvalue weighted by Crippen LogP contribution is 2.49. The fourth-order valence-corrected chi connectivity index (χ4v) is 5.96. The highest BCUT2D eigenvalue weighted by Gasteiger charge is 2.43. The number of pyridine rings is 1. The third-order valence-corrected chi connectivity index (χ3v) is 7.39. The Kier molecular flexibility index (Phi) is 3.45. The van der Waals surface area contributed by atoms with E-state index >= 15 is 0 Å². The molecule has 4 heteroatoms. The van der Waals surface area contributed by atoms with E-state index < -0.39 is 0 Å². The van der Waals surface area contributed by atoms with Gasteiger partial charge in [0.2, 0.25) is 11.5 Å². The SMILES string of the molecule is Cc1ccc2c3c1-c1c(c(-c4ccccc4)cc[n+]1C)C(C)(C)n3c1nc3ccccc3n21. The van der Waals surface area contributed by atoms with Crippen LogP contribution in [0.4, 0.5) is 0 Å². The molecule has 0 spiro atoms. The molecular weight excluding hydrogens is 404 g/mol. The fraction of sp³-hybridized carbons (Fsp3) is 0.172. The molecule has 0 saturated heterocycles. The number of fused-ring (bicyclic) bond motifs is 7. The third kappa shape index (κ3) is 2.20. The van der Waals surface area contributed by atoms with Crippen LogP contribution in [0, 0.1) is 6.92 Å². The number of aromatic nitrogens is 4. The molecule has 0 aliphatic carbocycles. The maximum atomic E-state index is 5.14. The number of hydrogen-bond acceptors (Lipinski definition) is 1. The lowest BCUT2D eigenvalue weighted by atomic mass is 9.80. The summed E-state index contributed by atoms with van der Waals surface area (Å²) in [6.07, 6.45) is 2.20. The Morgan fingerprint density at radius 1 is 0.848 bits per heavy atom. The van der Waals surface area contributed by atoms with Crippen molar-refractivity contribution in [1.29, 1.82) is 0 Å². The molecule has 0 fully saturated rings. The highest BCUT2D eigenvalue weighted by atomic mass is 15.2. The molecule has 1 aliphatic heterocycles. The smallest absolute Gasteiger partial charge is 0.220 e. The van der Waals surface area contributed by atoms with Gasteiger partial charge in [-0.2, -0.15) is 0 Å². The number of nitrogens with zero attached hydrogens (tertiary/aromatic N) is 4. The molecule has 160 valence electrons. The summed E-state index contributed by atoms with van der Waals surface area (Å²) in [7, 11) is 2.17. The summed E-state index contributed by atoms with van der Waals surface area (Å²) in [6.45, 7) is 6.90. The molecule has 6 aromatic rings. The van der Waals surface area contributed by atoms with Gasteiger partial charge in [0.05, 0.1) is 38.7 Å². The van der Waals surface area contributed by atoms with Gasteiger partial charge >= 0.3 is 0 Å². The molecule has 7 rings (SSSR count). The molecule has 0 bridgehead atoms.